The third-order valence-corrected chi connectivity index (χ3v) is 6.67. The Labute approximate surface area is 209 Å². The van der Waals surface area contributed by atoms with Crippen LogP contribution in [0.25, 0.3) is 0 Å². The van der Waals surface area contributed by atoms with E-state index in [-0.39, 0.29) is 24.0 Å². The summed E-state index contributed by atoms with van der Waals surface area (Å²) in [7, 11) is 6.48. The zero-order chi connectivity index (χ0) is 21.3. The third-order valence-electron chi connectivity index (χ3n) is 5.73. The number of nitrogens with one attached hydrogen (secondary N) is 2. The Balaban J connectivity index is 0.00000341. The van der Waals surface area contributed by atoms with Crippen LogP contribution in [0.4, 0.5) is 0 Å². The van der Waals surface area contributed by atoms with Crippen molar-refractivity contribution in [3.8, 4) is 0 Å². The molecule has 2 atom stereocenters. The molecular weight excluding hydrogens is 517 g/mol. The van der Waals surface area contributed by atoms with Crippen LogP contribution in [-0.4, -0.2) is 56.5 Å². The number of guanidine groups is 1. The van der Waals surface area contributed by atoms with E-state index in [0.29, 0.717) is 18.5 Å². The Morgan fingerprint density at radius 3 is 2.61 bits per heavy atom. The average Bonchev–Trinajstić information content (AvgIpc) is 3.25. The summed E-state index contributed by atoms with van der Waals surface area (Å²) in [4.78, 5) is 11.1. The summed E-state index contributed by atoms with van der Waals surface area (Å²) in [5.41, 5.74) is 2.63. The van der Waals surface area contributed by atoms with E-state index in [4.69, 9.17) is 4.99 Å². The first-order chi connectivity index (χ1) is 14.6. The third kappa shape index (κ3) is 7.73. The lowest BCUT2D eigenvalue weighted by molar-refractivity contribution is 0.125. The minimum Gasteiger partial charge on any atom is -0.357 e. The van der Waals surface area contributed by atoms with Crippen molar-refractivity contribution in [2.24, 2.45) is 10.9 Å². The first-order valence-corrected chi connectivity index (χ1v) is 11.9. The van der Waals surface area contributed by atoms with Crippen LogP contribution in [0.5, 0.6) is 0 Å². The van der Waals surface area contributed by atoms with Crippen LogP contribution in [-0.2, 0) is 13.1 Å². The molecule has 172 valence electrons. The molecule has 0 radical (unpaired) electrons. The summed E-state index contributed by atoms with van der Waals surface area (Å²) in [6.45, 7) is 6.74. The van der Waals surface area contributed by atoms with Gasteiger partial charge in [-0.2, -0.15) is 0 Å². The SMILES string of the molecule is CCNC(=NCc1ccccc1CN(C)C)NCC1CCCN(C)C1c1cccs1.I. The van der Waals surface area contributed by atoms with Gasteiger partial charge in [0.05, 0.1) is 6.54 Å². The molecule has 5 nitrogen and oxygen atoms in total. The van der Waals surface area contributed by atoms with Crippen molar-refractivity contribution in [1.29, 1.82) is 0 Å². The molecule has 0 bridgehead atoms. The first kappa shape index (κ1) is 26.1. The van der Waals surface area contributed by atoms with Gasteiger partial charge in [-0.1, -0.05) is 30.3 Å². The van der Waals surface area contributed by atoms with Gasteiger partial charge in [0, 0.05) is 30.6 Å². The second-order valence-corrected chi connectivity index (χ2v) is 9.41. The second-order valence-electron chi connectivity index (χ2n) is 8.43. The molecule has 1 aromatic carbocycles. The highest BCUT2D eigenvalue weighted by molar-refractivity contribution is 14.0. The van der Waals surface area contributed by atoms with E-state index in [9.17, 15) is 0 Å². The maximum absolute atomic E-state index is 4.91. The van der Waals surface area contributed by atoms with Gasteiger partial charge in [-0.15, -0.1) is 35.3 Å². The van der Waals surface area contributed by atoms with Crippen molar-refractivity contribution in [2.45, 2.75) is 38.9 Å². The standard InChI is InChI=1S/C24H37N5S.HI/c1-5-25-24(26-16-19-10-6-7-11-21(19)18-28(2)3)27-17-20-12-8-14-29(4)23(20)22-13-9-15-30-22;/h6-7,9-11,13,15,20,23H,5,8,12,14,16-18H2,1-4H3,(H2,25,26,27);1H. The van der Waals surface area contributed by atoms with Gasteiger partial charge in [0.25, 0.3) is 0 Å². The normalized spacial score (nSPS) is 19.8. The Kier molecular flexibility index (Phi) is 11.3. The lowest BCUT2D eigenvalue weighted by atomic mass is 9.88. The van der Waals surface area contributed by atoms with Crippen LogP contribution in [0, 0.1) is 5.92 Å². The quantitative estimate of drug-likeness (QED) is 0.285. The number of thiophene rings is 1. The predicted molar refractivity (Wildman–Crippen MR) is 144 cm³/mol. The number of piperidine rings is 1. The van der Waals surface area contributed by atoms with Gasteiger partial charge in [-0.3, -0.25) is 4.90 Å². The molecule has 2 aromatic rings. The highest BCUT2D eigenvalue weighted by Crippen LogP contribution is 2.36. The zero-order valence-electron chi connectivity index (χ0n) is 19.3. The maximum atomic E-state index is 4.91. The van der Waals surface area contributed by atoms with Crippen molar-refractivity contribution in [3.05, 3.63) is 57.8 Å². The van der Waals surface area contributed by atoms with Crippen molar-refractivity contribution in [1.82, 2.24) is 20.4 Å². The molecule has 2 unspecified atom stereocenters. The number of hydrogen-bond donors (Lipinski definition) is 2. The van der Waals surface area contributed by atoms with E-state index in [1.807, 2.05) is 11.3 Å². The summed E-state index contributed by atoms with van der Waals surface area (Å²) >= 11 is 1.88. The Morgan fingerprint density at radius 2 is 1.94 bits per heavy atom. The molecule has 1 aliphatic heterocycles. The van der Waals surface area contributed by atoms with Crippen LogP contribution in [0.1, 0.15) is 41.8 Å². The van der Waals surface area contributed by atoms with Gasteiger partial charge < -0.3 is 15.5 Å². The van der Waals surface area contributed by atoms with Crippen molar-refractivity contribution in [3.63, 3.8) is 0 Å². The molecule has 1 aliphatic rings. The molecule has 0 spiro atoms. The molecule has 1 saturated heterocycles. The molecule has 0 saturated carbocycles. The van der Waals surface area contributed by atoms with Crippen molar-refractivity contribution in [2.75, 3.05) is 40.8 Å². The topological polar surface area (TPSA) is 42.9 Å². The Morgan fingerprint density at radius 1 is 1.16 bits per heavy atom. The van der Waals surface area contributed by atoms with E-state index in [1.54, 1.807) is 0 Å². The molecule has 3 rings (SSSR count). The maximum Gasteiger partial charge on any atom is 0.191 e. The van der Waals surface area contributed by atoms with E-state index < -0.39 is 0 Å². The summed E-state index contributed by atoms with van der Waals surface area (Å²) in [6.07, 6.45) is 2.52. The lowest BCUT2D eigenvalue weighted by Crippen LogP contribution is -2.44. The summed E-state index contributed by atoms with van der Waals surface area (Å²) < 4.78 is 0. The van der Waals surface area contributed by atoms with Gasteiger partial charge in [-0.05, 0) is 75.9 Å². The average molecular weight is 556 g/mol. The molecule has 0 aliphatic carbocycles. The van der Waals surface area contributed by atoms with Gasteiger partial charge in [0.2, 0.25) is 0 Å². The number of likely N-dealkylation sites (tertiary alicyclic amines) is 1. The van der Waals surface area contributed by atoms with Crippen LogP contribution in [0.2, 0.25) is 0 Å². The van der Waals surface area contributed by atoms with E-state index in [1.165, 1.54) is 35.4 Å². The molecule has 7 heteroatoms. The predicted octanol–water partition coefficient (Wildman–Crippen LogP) is 4.57. The van der Waals surface area contributed by atoms with Crippen LogP contribution in [0.15, 0.2) is 46.8 Å². The van der Waals surface area contributed by atoms with Crippen molar-refractivity contribution >= 4 is 41.3 Å². The molecule has 2 N–H and O–H groups in total. The Bertz CT molecular complexity index is 793. The number of hydrogen-bond acceptors (Lipinski definition) is 4. The number of halogens is 1. The van der Waals surface area contributed by atoms with Crippen LogP contribution in [0.3, 0.4) is 0 Å². The van der Waals surface area contributed by atoms with Crippen LogP contribution < -0.4 is 10.6 Å². The number of nitrogens with zero attached hydrogens (tertiary/aromatic N) is 3. The minimum atomic E-state index is 0. The van der Waals surface area contributed by atoms with Crippen molar-refractivity contribution < 1.29 is 0 Å². The minimum absolute atomic E-state index is 0. The van der Waals surface area contributed by atoms with Gasteiger partial charge in [0.15, 0.2) is 5.96 Å². The molecule has 1 aromatic heterocycles. The summed E-state index contributed by atoms with van der Waals surface area (Å²) in [6, 6.07) is 13.6. The monoisotopic (exact) mass is 555 g/mol. The molecular formula is C24H38IN5S. The molecule has 0 amide bonds. The van der Waals surface area contributed by atoms with E-state index in [0.717, 1.165) is 25.6 Å². The molecule has 31 heavy (non-hydrogen) atoms. The number of rotatable bonds is 8. The first-order valence-electron chi connectivity index (χ1n) is 11.1. The lowest BCUT2D eigenvalue weighted by Gasteiger charge is -2.39. The number of benzene rings is 1. The molecule has 2 heterocycles. The highest BCUT2D eigenvalue weighted by atomic mass is 127. The summed E-state index contributed by atoms with van der Waals surface area (Å²) in [5, 5.41) is 9.26. The van der Waals surface area contributed by atoms with E-state index in [2.05, 4.69) is 90.3 Å². The smallest absolute Gasteiger partial charge is 0.191 e. The zero-order valence-corrected chi connectivity index (χ0v) is 22.5. The number of aliphatic imine (C=N–C) groups is 1. The van der Waals surface area contributed by atoms with Crippen LogP contribution >= 0.6 is 35.3 Å². The van der Waals surface area contributed by atoms with Gasteiger partial charge >= 0.3 is 0 Å². The second kappa shape index (κ2) is 13.4. The highest BCUT2D eigenvalue weighted by Gasteiger charge is 2.31. The fraction of sp³-hybridized carbons (Fsp3) is 0.542. The molecule has 1 fully saturated rings. The van der Waals surface area contributed by atoms with Gasteiger partial charge in [0.1, 0.15) is 0 Å². The van der Waals surface area contributed by atoms with Gasteiger partial charge in [-0.25, -0.2) is 4.99 Å². The summed E-state index contributed by atoms with van der Waals surface area (Å²) in [5.74, 6) is 1.50. The largest absolute Gasteiger partial charge is 0.357 e. The Hall–Kier alpha value is -1.16. The fourth-order valence-electron chi connectivity index (χ4n) is 4.32. The fourth-order valence-corrected chi connectivity index (χ4v) is 5.31. The van der Waals surface area contributed by atoms with E-state index >= 15 is 0 Å².